The first kappa shape index (κ1) is 10.7. The molecule has 3 heteroatoms. The minimum atomic E-state index is 0.683. The van der Waals surface area contributed by atoms with Crippen LogP contribution >= 0.6 is 0 Å². The third-order valence-corrected chi connectivity index (χ3v) is 3.26. The number of nitrogens with zero attached hydrogens (tertiary/aromatic N) is 2. The molecule has 0 radical (unpaired) electrons. The van der Waals surface area contributed by atoms with Gasteiger partial charge in [0.2, 0.25) is 0 Å². The van der Waals surface area contributed by atoms with Crippen LogP contribution in [0.4, 0.5) is 0 Å². The van der Waals surface area contributed by atoms with Crippen LogP contribution in [0.1, 0.15) is 43.5 Å². The van der Waals surface area contributed by atoms with E-state index in [2.05, 4.69) is 35.1 Å². The van der Waals surface area contributed by atoms with Crippen molar-refractivity contribution in [1.29, 1.82) is 0 Å². The molecule has 15 heavy (non-hydrogen) atoms. The van der Waals surface area contributed by atoms with Gasteiger partial charge in [0.25, 0.3) is 0 Å². The highest BCUT2D eigenvalue weighted by Gasteiger charge is 2.18. The van der Waals surface area contributed by atoms with E-state index < -0.39 is 0 Å². The lowest BCUT2D eigenvalue weighted by atomic mass is 9.94. The molecule has 3 nitrogen and oxygen atoms in total. The number of hydrogen-bond donors (Lipinski definition) is 1. The molecule has 0 unspecified atom stereocenters. The second-order valence-corrected chi connectivity index (χ2v) is 4.46. The molecule has 2 rings (SSSR count). The molecule has 1 N–H and O–H groups in total. The Kier molecular flexibility index (Phi) is 3.41. The van der Waals surface area contributed by atoms with Crippen molar-refractivity contribution in [2.24, 2.45) is 7.05 Å². The summed E-state index contributed by atoms with van der Waals surface area (Å²) in [4.78, 5) is 0. The van der Waals surface area contributed by atoms with Crippen LogP contribution < -0.4 is 5.32 Å². The van der Waals surface area contributed by atoms with Crippen molar-refractivity contribution in [3.05, 3.63) is 17.5 Å². The Labute approximate surface area is 91.9 Å². The molecule has 84 valence electrons. The highest BCUT2D eigenvalue weighted by Crippen LogP contribution is 2.24. The lowest BCUT2D eigenvalue weighted by Gasteiger charge is -2.20. The van der Waals surface area contributed by atoms with Crippen molar-refractivity contribution in [1.82, 2.24) is 15.1 Å². The van der Waals surface area contributed by atoms with Crippen LogP contribution in [0.5, 0.6) is 0 Å². The Bertz CT molecular complexity index is 311. The Hall–Kier alpha value is -0.830. The van der Waals surface area contributed by atoms with Crippen molar-refractivity contribution in [2.45, 2.75) is 38.5 Å². The predicted molar refractivity (Wildman–Crippen MR) is 62.0 cm³/mol. The smallest absolute Gasteiger partial charge is 0.0659 e. The summed E-state index contributed by atoms with van der Waals surface area (Å²) in [5, 5.41) is 8.04. The fourth-order valence-corrected chi connectivity index (χ4v) is 2.34. The van der Waals surface area contributed by atoms with Crippen LogP contribution in [0.25, 0.3) is 0 Å². The average Bonchev–Trinajstić information content (AvgIpc) is 2.63. The molecule has 1 aliphatic rings. The number of aryl methyl sites for hydroxylation is 2. The molecule has 0 atom stereocenters. The maximum atomic E-state index is 4.64. The summed E-state index contributed by atoms with van der Waals surface area (Å²) in [5.41, 5.74) is 2.69. The maximum Gasteiger partial charge on any atom is 0.0659 e. The Morgan fingerprint density at radius 1 is 1.47 bits per heavy atom. The van der Waals surface area contributed by atoms with Gasteiger partial charge in [-0.05, 0) is 38.4 Å². The number of aromatic nitrogens is 2. The van der Waals surface area contributed by atoms with Crippen LogP contribution in [0, 0.1) is 0 Å². The molecule has 1 fully saturated rings. The van der Waals surface area contributed by atoms with Gasteiger partial charge in [0, 0.05) is 18.7 Å². The maximum absolute atomic E-state index is 4.64. The SMILES string of the molecule is CCCc1cc(C2CCNCC2)nn1C. The van der Waals surface area contributed by atoms with E-state index in [-0.39, 0.29) is 0 Å². The lowest BCUT2D eigenvalue weighted by molar-refractivity contribution is 0.450. The number of nitrogens with one attached hydrogen (secondary N) is 1. The third-order valence-electron chi connectivity index (χ3n) is 3.26. The zero-order valence-electron chi connectivity index (χ0n) is 9.79. The molecule has 2 heterocycles. The molecule has 1 saturated heterocycles. The average molecular weight is 207 g/mol. The fraction of sp³-hybridized carbons (Fsp3) is 0.750. The van der Waals surface area contributed by atoms with E-state index >= 15 is 0 Å². The number of hydrogen-bond acceptors (Lipinski definition) is 2. The highest BCUT2D eigenvalue weighted by molar-refractivity contribution is 5.15. The quantitative estimate of drug-likeness (QED) is 0.819. The number of piperidine rings is 1. The molecular weight excluding hydrogens is 186 g/mol. The minimum absolute atomic E-state index is 0.683. The molecule has 0 aromatic carbocycles. The molecule has 1 aromatic rings. The summed E-state index contributed by atoms with van der Waals surface area (Å²) < 4.78 is 2.06. The Morgan fingerprint density at radius 2 is 2.20 bits per heavy atom. The number of rotatable bonds is 3. The summed E-state index contributed by atoms with van der Waals surface area (Å²) in [6.07, 6.45) is 4.82. The van der Waals surface area contributed by atoms with Gasteiger partial charge in [-0.25, -0.2) is 0 Å². The molecule has 1 aliphatic heterocycles. The first-order chi connectivity index (χ1) is 7.31. The van der Waals surface area contributed by atoms with Crippen LogP contribution in [0.2, 0.25) is 0 Å². The van der Waals surface area contributed by atoms with Gasteiger partial charge < -0.3 is 5.32 Å². The highest BCUT2D eigenvalue weighted by atomic mass is 15.3. The second kappa shape index (κ2) is 4.79. The van der Waals surface area contributed by atoms with Gasteiger partial charge >= 0.3 is 0 Å². The van der Waals surface area contributed by atoms with Crippen molar-refractivity contribution in [3.63, 3.8) is 0 Å². The van der Waals surface area contributed by atoms with E-state index in [1.165, 1.54) is 30.7 Å². The van der Waals surface area contributed by atoms with Gasteiger partial charge in [-0.15, -0.1) is 0 Å². The summed E-state index contributed by atoms with van der Waals surface area (Å²) >= 11 is 0. The van der Waals surface area contributed by atoms with E-state index in [1.807, 2.05) is 0 Å². The monoisotopic (exact) mass is 207 g/mol. The van der Waals surface area contributed by atoms with Gasteiger partial charge in [0.15, 0.2) is 0 Å². The molecule has 1 aromatic heterocycles. The van der Waals surface area contributed by atoms with E-state index in [0.29, 0.717) is 5.92 Å². The normalized spacial score (nSPS) is 18.3. The summed E-state index contributed by atoms with van der Waals surface area (Å²) in [6, 6.07) is 2.31. The third kappa shape index (κ3) is 2.40. The van der Waals surface area contributed by atoms with Gasteiger partial charge in [0.05, 0.1) is 5.69 Å². The topological polar surface area (TPSA) is 29.9 Å². The summed E-state index contributed by atoms with van der Waals surface area (Å²) in [7, 11) is 2.07. The summed E-state index contributed by atoms with van der Waals surface area (Å²) in [5.74, 6) is 0.683. The first-order valence-electron chi connectivity index (χ1n) is 6.04. The minimum Gasteiger partial charge on any atom is -0.317 e. The Balaban J connectivity index is 2.10. The molecule has 0 amide bonds. The fourth-order valence-electron chi connectivity index (χ4n) is 2.34. The van der Waals surface area contributed by atoms with E-state index in [4.69, 9.17) is 0 Å². The van der Waals surface area contributed by atoms with Gasteiger partial charge in [-0.2, -0.15) is 5.10 Å². The second-order valence-electron chi connectivity index (χ2n) is 4.46. The van der Waals surface area contributed by atoms with E-state index in [0.717, 1.165) is 19.5 Å². The first-order valence-corrected chi connectivity index (χ1v) is 6.04. The van der Waals surface area contributed by atoms with Crippen molar-refractivity contribution >= 4 is 0 Å². The van der Waals surface area contributed by atoms with E-state index in [1.54, 1.807) is 0 Å². The standard InChI is InChI=1S/C12H21N3/c1-3-4-11-9-12(14-15(11)2)10-5-7-13-8-6-10/h9-10,13H,3-8H2,1-2H3. The predicted octanol–water partition coefficient (Wildman–Crippen LogP) is 1.84. The van der Waals surface area contributed by atoms with Crippen LogP contribution in [0.3, 0.4) is 0 Å². The zero-order chi connectivity index (χ0) is 10.7. The van der Waals surface area contributed by atoms with Crippen molar-refractivity contribution in [2.75, 3.05) is 13.1 Å². The summed E-state index contributed by atoms with van der Waals surface area (Å²) in [6.45, 7) is 4.51. The largest absolute Gasteiger partial charge is 0.317 e. The Morgan fingerprint density at radius 3 is 2.87 bits per heavy atom. The lowest BCUT2D eigenvalue weighted by Crippen LogP contribution is -2.26. The molecule has 0 spiro atoms. The van der Waals surface area contributed by atoms with Crippen LogP contribution in [-0.2, 0) is 13.5 Å². The molecule has 0 aliphatic carbocycles. The van der Waals surface area contributed by atoms with Crippen LogP contribution in [0.15, 0.2) is 6.07 Å². The van der Waals surface area contributed by atoms with Crippen LogP contribution in [-0.4, -0.2) is 22.9 Å². The van der Waals surface area contributed by atoms with Crippen molar-refractivity contribution in [3.8, 4) is 0 Å². The van der Waals surface area contributed by atoms with Gasteiger partial charge in [-0.3, -0.25) is 4.68 Å². The van der Waals surface area contributed by atoms with E-state index in [9.17, 15) is 0 Å². The molecule has 0 saturated carbocycles. The van der Waals surface area contributed by atoms with Crippen molar-refractivity contribution < 1.29 is 0 Å². The van der Waals surface area contributed by atoms with Gasteiger partial charge in [-0.1, -0.05) is 13.3 Å². The molecule has 0 bridgehead atoms. The zero-order valence-corrected chi connectivity index (χ0v) is 9.79. The molecular formula is C12H21N3. The van der Waals surface area contributed by atoms with Gasteiger partial charge in [0.1, 0.15) is 0 Å².